The second kappa shape index (κ2) is 7.24. The summed E-state index contributed by atoms with van der Waals surface area (Å²) in [6, 6.07) is 9.35. The third-order valence-electron chi connectivity index (χ3n) is 5.50. The van der Waals surface area contributed by atoms with E-state index in [2.05, 4.69) is 29.2 Å². The molecule has 4 rings (SSSR count). The van der Waals surface area contributed by atoms with Crippen molar-refractivity contribution in [1.29, 1.82) is 0 Å². The highest BCUT2D eigenvalue weighted by Gasteiger charge is 2.39. The summed E-state index contributed by atoms with van der Waals surface area (Å²) >= 11 is 0. The topological polar surface area (TPSA) is 38.8 Å². The van der Waals surface area contributed by atoms with Crippen LogP contribution in [-0.4, -0.2) is 42.8 Å². The number of nitrogens with zero attached hydrogens (tertiary/aromatic N) is 1. The summed E-state index contributed by atoms with van der Waals surface area (Å²) in [5, 5.41) is 0. The molecule has 1 atom stereocenters. The molecule has 1 saturated heterocycles. The van der Waals surface area contributed by atoms with Gasteiger partial charge in [-0.15, -0.1) is 0 Å². The smallest absolute Gasteiger partial charge is 0.225 e. The van der Waals surface area contributed by atoms with Gasteiger partial charge in [-0.3, -0.25) is 4.79 Å². The zero-order chi connectivity index (χ0) is 16.4. The lowest BCUT2D eigenvalue weighted by atomic mass is 10.1. The van der Waals surface area contributed by atoms with Gasteiger partial charge in [0, 0.05) is 19.3 Å². The molecular weight excluding hydrogens is 302 g/mol. The molecule has 3 aliphatic rings. The van der Waals surface area contributed by atoms with Crippen LogP contribution in [0.15, 0.2) is 24.3 Å². The lowest BCUT2D eigenvalue weighted by Crippen LogP contribution is -2.37. The van der Waals surface area contributed by atoms with Crippen LogP contribution < -0.4 is 0 Å². The van der Waals surface area contributed by atoms with Gasteiger partial charge in [-0.05, 0) is 49.7 Å². The van der Waals surface area contributed by atoms with Crippen LogP contribution >= 0.6 is 0 Å². The maximum absolute atomic E-state index is 12.9. The summed E-state index contributed by atoms with van der Waals surface area (Å²) in [6.07, 6.45) is 7.17. The molecular formula is C20H27NO3. The Kier molecular flexibility index (Phi) is 4.86. The third kappa shape index (κ3) is 3.50. The molecule has 4 heteroatoms. The fourth-order valence-corrected chi connectivity index (χ4v) is 4.09. The van der Waals surface area contributed by atoms with Crippen LogP contribution in [0.25, 0.3) is 0 Å². The van der Waals surface area contributed by atoms with Gasteiger partial charge >= 0.3 is 0 Å². The summed E-state index contributed by atoms with van der Waals surface area (Å²) in [7, 11) is 0. The SMILES string of the molecule is O=C(CCOC1CCOCC1)N(C1CC1)C1CCc2ccccc21. The van der Waals surface area contributed by atoms with Gasteiger partial charge in [0.1, 0.15) is 0 Å². The van der Waals surface area contributed by atoms with Crippen molar-refractivity contribution < 1.29 is 14.3 Å². The molecule has 1 aromatic rings. The second-order valence-electron chi connectivity index (χ2n) is 7.22. The summed E-state index contributed by atoms with van der Waals surface area (Å²) in [5.41, 5.74) is 2.78. The van der Waals surface area contributed by atoms with Gasteiger partial charge in [0.25, 0.3) is 0 Å². The maximum atomic E-state index is 12.9. The molecule has 0 bridgehead atoms. The van der Waals surface area contributed by atoms with Crippen LogP contribution in [0, 0.1) is 0 Å². The molecule has 0 radical (unpaired) electrons. The van der Waals surface area contributed by atoms with Crippen LogP contribution in [0.4, 0.5) is 0 Å². The Balaban J connectivity index is 1.36. The zero-order valence-corrected chi connectivity index (χ0v) is 14.3. The summed E-state index contributed by atoms with van der Waals surface area (Å²) in [6.45, 7) is 2.11. The number of carbonyl (C=O) groups excluding carboxylic acids is 1. The highest BCUT2D eigenvalue weighted by molar-refractivity contribution is 5.77. The quantitative estimate of drug-likeness (QED) is 0.804. The van der Waals surface area contributed by atoms with Crippen LogP contribution in [0.3, 0.4) is 0 Å². The Morgan fingerprint density at radius 2 is 1.92 bits per heavy atom. The molecule has 0 spiro atoms. The first kappa shape index (κ1) is 16.1. The van der Waals surface area contributed by atoms with Gasteiger partial charge in [0.15, 0.2) is 0 Å². The van der Waals surface area contributed by atoms with Crippen LogP contribution in [0.5, 0.6) is 0 Å². The zero-order valence-electron chi connectivity index (χ0n) is 14.3. The first-order chi connectivity index (χ1) is 11.8. The van der Waals surface area contributed by atoms with Gasteiger partial charge in [-0.25, -0.2) is 0 Å². The summed E-state index contributed by atoms with van der Waals surface area (Å²) in [5.74, 6) is 0.270. The van der Waals surface area contributed by atoms with E-state index in [1.54, 1.807) is 0 Å². The average molecular weight is 329 g/mol. The first-order valence-electron chi connectivity index (χ1n) is 9.41. The van der Waals surface area contributed by atoms with Crippen molar-refractivity contribution in [2.24, 2.45) is 0 Å². The largest absolute Gasteiger partial charge is 0.381 e. The number of hydrogen-bond acceptors (Lipinski definition) is 3. The minimum Gasteiger partial charge on any atom is -0.381 e. The van der Waals surface area contributed by atoms with Crippen LogP contribution in [-0.2, 0) is 20.7 Å². The fourth-order valence-electron chi connectivity index (χ4n) is 4.09. The van der Waals surface area contributed by atoms with Gasteiger partial charge < -0.3 is 14.4 Å². The molecule has 1 saturated carbocycles. The van der Waals surface area contributed by atoms with Gasteiger partial charge in [-0.1, -0.05) is 24.3 Å². The number of rotatable bonds is 6. The van der Waals surface area contributed by atoms with Crippen LogP contribution in [0.1, 0.15) is 55.7 Å². The van der Waals surface area contributed by atoms with E-state index in [0.717, 1.165) is 51.7 Å². The lowest BCUT2D eigenvalue weighted by molar-refractivity contribution is -0.136. The molecule has 0 aromatic heterocycles. The fraction of sp³-hybridized carbons (Fsp3) is 0.650. The highest BCUT2D eigenvalue weighted by Crippen LogP contribution is 2.42. The molecule has 1 heterocycles. The Labute approximate surface area is 144 Å². The number of amides is 1. The molecule has 0 N–H and O–H groups in total. The van der Waals surface area contributed by atoms with Crippen LogP contribution in [0.2, 0.25) is 0 Å². The number of ether oxygens (including phenoxy) is 2. The Morgan fingerprint density at radius 3 is 2.71 bits per heavy atom. The maximum Gasteiger partial charge on any atom is 0.225 e. The normalized spacial score (nSPS) is 23.9. The molecule has 1 aliphatic heterocycles. The van der Waals surface area contributed by atoms with Crippen molar-refractivity contribution in [2.75, 3.05) is 19.8 Å². The number of fused-ring (bicyclic) bond motifs is 1. The van der Waals surface area contributed by atoms with Gasteiger partial charge in [0.2, 0.25) is 5.91 Å². The predicted molar refractivity (Wildman–Crippen MR) is 91.8 cm³/mol. The van der Waals surface area contributed by atoms with E-state index in [0.29, 0.717) is 19.1 Å². The van der Waals surface area contributed by atoms with E-state index in [4.69, 9.17) is 9.47 Å². The molecule has 1 aromatic carbocycles. The molecule has 2 aliphatic carbocycles. The Morgan fingerprint density at radius 1 is 1.12 bits per heavy atom. The Hall–Kier alpha value is -1.39. The standard InChI is InChI=1S/C20H27NO3/c22-20(11-14-24-17-9-12-23-13-10-17)21(16-6-7-16)19-8-5-15-3-1-2-4-18(15)19/h1-4,16-17,19H,5-14H2. The van der Waals surface area contributed by atoms with E-state index in [9.17, 15) is 4.79 Å². The van der Waals surface area contributed by atoms with Crippen molar-refractivity contribution in [3.05, 3.63) is 35.4 Å². The van der Waals surface area contributed by atoms with E-state index in [-0.39, 0.29) is 18.1 Å². The average Bonchev–Trinajstić information content (AvgIpc) is 3.36. The Bertz CT molecular complexity index is 578. The second-order valence-corrected chi connectivity index (χ2v) is 7.22. The van der Waals surface area contributed by atoms with E-state index in [1.165, 1.54) is 11.1 Å². The van der Waals surface area contributed by atoms with Crippen molar-refractivity contribution in [1.82, 2.24) is 4.90 Å². The minimum absolute atomic E-state index is 0.270. The van der Waals surface area contributed by atoms with Gasteiger partial charge in [0.05, 0.1) is 25.2 Å². The molecule has 130 valence electrons. The minimum atomic E-state index is 0.270. The predicted octanol–water partition coefficient (Wildman–Crippen LogP) is 3.25. The summed E-state index contributed by atoms with van der Waals surface area (Å²) < 4.78 is 11.3. The molecule has 1 amide bonds. The number of aryl methyl sites for hydroxylation is 1. The van der Waals surface area contributed by atoms with Gasteiger partial charge in [-0.2, -0.15) is 0 Å². The molecule has 2 fully saturated rings. The monoisotopic (exact) mass is 329 g/mol. The third-order valence-corrected chi connectivity index (χ3v) is 5.50. The number of carbonyl (C=O) groups is 1. The van der Waals surface area contributed by atoms with Crippen molar-refractivity contribution in [3.63, 3.8) is 0 Å². The molecule has 24 heavy (non-hydrogen) atoms. The highest BCUT2D eigenvalue weighted by atomic mass is 16.5. The van der Waals surface area contributed by atoms with Crippen molar-refractivity contribution in [2.45, 2.75) is 63.1 Å². The summed E-state index contributed by atoms with van der Waals surface area (Å²) in [4.78, 5) is 15.1. The molecule has 4 nitrogen and oxygen atoms in total. The molecule has 1 unspecified atom stereocenters. The number of hydrogen-bond donors (Lipinski definition) is 0. The van der Waals surface area contributed by atoms with E-state index in [1.807, 2.05) is 0 Å². The van der Waals surface area contributed by atoms with E-state index < -0.39 is 0 Å². The van der Waals surface area contributed by atoms with Crippen molar-refractivity contribution in [3.8, 4) is 0 Å². The lowest BCUT2D eigenvalue weighted by Gasteiger charge is -2.30. The van der Waals surface area contributed by atoms with Crippen molar-refractivity contribution >= 4 is 5.91 Å². The number of benzene rings is 1. The van der Waals surface area contributed by atoms with E-state index >= 15 is 0 Å². The first-order valence-corrected chi connectivity index (χ1v) is 9.41.